The average Bonchev–Trinajstić information content (AvgIpc) is 3.17. The predicted molar refractivity (Wildman–Crippen MR) is 90.9 cm³/mol. The van der Waals surface area contributed by atoms with Crippen molar-refractivity contribution in [3.8, 4) is 6.07 Å². The normalized spacial score (nSPS) is 15.0. The number of rotatable bonds is 5. The molecule has 1 aliphatic rings. The zero-order valence-electron chi connectivity index (χ0n) is 11.8. The van der Waals surface area contributed by atoms with Crippen molar-refractivity contribution < 1.29 is 0 Å². The molecule has 0 aliphatic heterocycles. The molecule has 0 saturated heterocycles. The van der Waals surface area contributed by atoms with Crippen LogP contribution in [0.2, 0.25) is 0 Å². The van der Waals surface area contributed by atoms with Gasteiger partial charge in [-0.2, -0.15) is 5.26 Å². The average molecular weight is 314 g/mol. The second-order valence-corrected chi connectivity index (χ2v) is 7.76. The van der Waals surface area contributed by atoms with Gasteiger partial charge < -0.3 is 5.32 Å². The Kier molecular flexibility index (Phi) is 4.84. The Morgan fingerprint density at radius 1 is 1.19 bits per heavy atom. The fourth-order valence-electron chi connectivity index (χ4n) is 2.62. The topological polar surface area (TPSA) is 35.8 Å². The van der Waals surface area contributed by atoms with Gasteiger partial charge in [0.15, 0.2) is 0 Å². The van der Waals surface area contributed by atoms with Crippen molar-refractivity contribution in [1.82, 2.24) is 0 Å². The van der Waals surface area contributed by atoms with E-state index in [0.29, 0.717) is 0 Å². The van der Waals surface area contributed by atoms with E-state index in [1.165, 1.54) is 41.1 Å². The van der Waals surface area contributed by atoms with Gasteiger partial charge in [-0.15, -0.1) is 23.1 Å². The number of anilines is 1. The van der Waals surface area contributed by atoms with Gasteiger partial charge in [-0.3, -0.25) is 0 Å². The molecular weight excluding hydrogens is 296 g/mol. The number of nitriles is 1. The Hall–Kier alpha value is -1.44. The molecule has 1 aliphatic carbocycles. The van der Waals surface area contributed by atoms with Crippen molar-refractivity contribution in [3.63, 3.8) is 0 Å². The molecule has 3 rings (SSSR count). The molecule has 0 radical (unpaired) electrons. The van der Waals surface area contributed by atoms with Crippen LogP contribution in [0.5, 0.6) is 0 Å². The number of hydrogen-bond acceptors (Lipinski definition) is 4. The van der Waals surface area contributed by atoms with Crippen LogP contribution in [-0.2, 0) is 6.54 Å². The van der Waals surface area contributed by atoms with Crippen LogP contribution < -0.4 is 5.32 Å². The van der Waals surface area contributed by atoms with E-state index in [1.54, 1.807) is 11.3 Å². The SMILES string of the molecule is N#Cc1ccc(CNc2ccccc2SC2CCCC2)s1. The van der Waals surface area contributed by atoms with Gasteiger partial charge >= 0.3 is 0 Å². The highest BCUT2D eigenvalue weighted by atomic mass is 32.2. The van der Waals surface area contributed by atoms with Crippen LogP contribution in [-0.4, -0.2) is 5.25 Å². The van der Waals surface area contributed by atoms with Crippen molar-refractivity contribution in [2.45, 2.75) is 42.4 Å². The van der Waals surface area contributed by atoms with Crippen molar-refractivity contribution >= 4 is 28.8 Å². The molecule has 0 bridgehead atoms. The van der Waals surface area contributed by atoms with Gasteiger partial charge in [-0.25, -0.2) is 0 Å². The lowest BCUT2D eigenvalue weighted by atomic mass is 10.3. The Morgan fingerprint density at radius 3 is 2.76 bits per heavy atom. The van der Waals surface area contributed by atoms with Gasteiger partial charge in [0.1, 0.15) is 10.9 Å². The van der Waals surface area contributed by atoms with Crippen LogP contribution in [0, 0.1) is 11.3 Å². The summed E-state index contributed by atoms with van der Waals surface area (Å²) in [5.74, 6) is 0. The third-order valence-electron chi connectivity index (χ3n) is 3.71. The highest BCUT2D eigenvalue weighted by Crippen LogP contribution is 2.38. The van der Waals surface area contributed by atoms with Crippen molar-refractivity contribution in [3.05, 3.63) is 46.2 Å². The van der Waals surface area contributed by atoms with Crippen molar-refractivity contribution in [2.75, 3.05) is 5.32 Å². The summed E-state index contributed by atoms with van der Waals surface area (Å²) in [6.07, 6.45) is 5.43. The third-order valence-corrected chi connectivity index (χ3v) is 6.11. The maximum Gasteiger partial charge on any atom is 0.110 e. The lowest BCUT2D eigenvalue weighted by Crippen LogP contribution is -2.01. The van der Waals surface area contributed by atoms with Crippen LogP contribution in [0.25, 0.3) is 0 Å². The summed E-state index contributed by atoms with van der Waals surface area (Å²) in [6, 6.07) is 14.7. The van der Waals surface area contributed by atoms with E-state index in [9.17, 15) is 0 Å². The Morgan fingerprint density at radius 2 is 2.00 bits per heavy atom. The molecule has 1 heterocycles. The van der Waals surface area contributed by atoms with Crippen LogP contribution in [0.4, 0.5) is 5.69 Å². The fourth-order valence-corrected chi connectivity index (χ4v) is 4.71. The van der Waals surface area contributed by atoms with E-state index in [1.807, 2.05) is 23.9 Å². The van der Waals surface area contributed by atoms with Gasteiger partial charge in [-0.1, -0.05) is 25.0 Å². The first kappa shape index (κ1) is 14.5. The number of nitrogens with one attached hydrogen (secondary N) is 1. The van der Waals surface area contributed by atoms with Crippen molar-refractivity contribution in [1.29, 1.82) is 5.26 Å². The first-order chi connectivity index (χ1) is 10.3. The molecule has 0 amide bonds. The third kappa shape index (κ3) is 3.81. The molecule has 2 aromatic rings. The highest BCUT2D eigenvalue weighted by molar-refractivity contribution is 8.00. The monoisotopic (exact) mass is 314 g/mol. The van der Waals surface area contributed by atoms with Gasteiger partial charge in [0.25, 0.3) is 0 Å². The van der Waals surface area contributed by atoms with Gasteiger partial charge in [0.2, 0.25) is 0 Å². The Labute approximate surface area is 134 Å². The number of para-hydroxylation sites is 1. The molecule has 0 spiro atoms. The van der Waals surface area contributed by atoms with Crippen LogP contribution in [0.1, 0.15) is 35.4 Å². The Bertz CT molecular complexity index is 636. The lowest BCUT2D eigenvalue weighted by Gasteiger charge is -2.14. The summed E-state index contributed by atoms with van der Waals surface area (Å²) in [6.45, 7) is 0.786. The summed E-state index contributed by atoms with van der Waals surface area (Å²) < 4.78 is 0. The van der Waals surface area contributed by atoms with E-state index >= 15 is 0 Å². The zero-order chi connectivity index (χ0) is 14.5. The highest BCUT2D eigenvalue weighted by Gasteiger charge is 2.17. The molecule has 0 unspecified atom stereocenters. The van der Waals surface area contributed by atoms with Gasteiger partial charge in [0.05, 0.1) is 0 Å². The molecule has 1 aromatic carbocycles. The lowest BCUT2D eigenvalue weighted by molar-refractivity contribution is 0.886. The second-order valence-electron chi connectivity index (χ2n) is 5.25. The molecule has 1 saturated carbocycles. The number of nitrogens with zero attached hydrogens (tertiary/aromatic N) is 1. The summed E-state index contributed by atoms with van der Waals surface area (Å²) in [5, 5.41) is 13.2. The van der Waals surface area contributed by atoms with E-state index in [-0.39, 0.29) is 0 Å². The summed E-state index contributed by atoms with van der Waals surface area (Å²) in [4.78, 5) is 3.33. The van der Waals surface area contributed by atoms with Gasteiger partial charge in [0, 0.05) is 27.3 Å². The molecule has 0 atom stereocenters. The van der Waals surface area contributed by atoms with E-state index in [2.05, 4.69) is 35.7 Å². The largest absolute Gasteiger partial charge is 0.379 e. The standard InChI is InChI=1S/C17H18N2S2/c18-11-14-9-10-15(20-14)12-19-16-7-3-4-8-17(16)21-13-5-1-2-6-13/h3-4,7-10,13,19H,1-2,5-6,12H2. The van der Waals surface area contributed by atoms with Crippen LogP contribution in [0.15, 0.2) is 41.3 Å². The Balaban J connectivity index is 1.65. The van der Waals surface area contributed by atoms with E-state index < -0.39 is 0 Å². The smallest absolute Gasteiger partial charge is 0.110 e. The molecule has 2 nitrogen and oxygen atoms in total. The molecule has 4 heteroatoms. The zero-order valence-corrected chi connectivity index (χ0v) is 13.5. The first-order valence-electron chi connectivity index (χ1n) is 7.33. The minimum Gasteiger partial charge on any atom is -0.379 e. The molecular formula is C17H18N2S2. The summed E-state index contributed by atoms with van der Waals surface area (Å²) in [5.41, 5.74) is 1.21. The molecule has 108 valence electrons. The maximum absolute atomic E-state index is 8.88. The quantitative estimate of drug-likeness (QED) is 0.817. The minimum absolute atomic E-state index is 0.778. The van der Waals surface area contributed by atoms with E-state index in [0.717, 1.165) is 16.7 Å². The number of hydrogen-bond donors (Lipinski definition) is 1. The first-order valence-corrected chi connectivity index (χ1v) is 9.03. The molecule has 1 aromatic heterocycles. The summed E-state index contributed by atoms with van der Waals surface area (Å²) in [7, 11) is 0. The second kappa shape index (κ2) is 7.02. The number of thioether (sulfide) groups is 1. The number of benzene rings is 1. The van der Waals surface area contributed by atoms with Crippen LogP contribution >= 0.6 is 23.1 Å². The summed E-state index contributed by atoms with van der Waals surface area (Å²) >= 11 is 3.57. The molecule has 1 fully saturated rings. The van der Waals surface area contributed by atoms with Gasteiger partial charge in [-0.05, 0) is 37.1 Å². The fraction of sp³-hybridized carbons (Fsp3) is 0.353. The molecule has 21 heavy (non-hydrogen) atoms. The van der Waals surface area contributed by atoms with Crippen molar-refractivity contribution in [2.24, 2.45) is 0 Å². The molecule has 1 N–H and O–H groups in total. The number of thiophene rings is 1. The maximum atomic E-state index is 8.88. The van der Waals surface area contributed by atoms with E-state index in [4.69, 9.17) is 5.26 Å². The minimum atomic E-state index is 0.778. The predicted octanol–water partition coefficient (Wildman–Crippen LogP) is 5.27. The van der Waals surface area contributed by atoms with Crippen LogP contribution in [0.3, 0.4) is 0 Å².